The van der Waals surface area contributed by atoms with Gasteiger partial charge in [-0.3, -0.25) is 9.59 Å². The van der Waals surface area contributed by atoms with Crippen LogP contribution in [0.2, 0.25) is 0 Å². The Bertz CT molecular complexity index is 791. The molecule has 1 atom stereocenters. The maximum absolute atomic E-state index is 13.1. The normalized spacial score (nSPS) is 20.5. The van der Waals surface area contributed by atoms with Crippen molar-refractivity contribution in [2.24, 2.45) is 5.92 Å². The number of likely N-dealkylation sites (tertiary alicyclic amines) is 1. The van der Waals surface area contributed by atoms with Crippen molar-refractivity contribution in [2.45, 2.75) is 38.0 Å². The van der Waals surface area contributed by atoms with Gasteiger partial charge in [0.05, 0.1) is 5.92 Å². The minimum atomic E-state index is 0.00123. The smallest absolute Gasteiger partial charge is 0.230 e. The zero-order valence-electron chi connectivity index (χ0n) is 15.1. The number of benzene rings is 2. The third kappa shape index (κ3) is 3.31. The predicted molar refractivity (Wildman–Crippen MR) is 102 cm³/mol. The van der Waals surface area contributed by atoms with E-state index < -0.39 is 0 Å². The van der Waals surface area contributed by atoms with Gasteiger partial charge in [0.2, 0.25) is 5.91 Å². The van der Waals surface area contributed by atoms with E-state index in [-0.39, 0.29) is 23.5 Å². The van der Waals surface area contributed by atoms with E-state index in [0.29, 0.717) is 13.1 Å². The summed E-state index contributed by atoms with van der Waals surface area (Å²) < 4.78 is 0. The van der Waals surface area contributed by atoms with Crippen LogP contribution in [0.15, 0.2) is 54.6 Å². The largest absolute Gasteiger partial charge is 0.342 e. The summed E-state index contributed by atoms with van der Waals surface area (Å²) in [7, 11) is 0. The Morgan fingerprint density at radius 2 is 1.54 bits per heavy atom. The van der Waals surface area contributed by atoms with Gasteiger partial charge in [0.25, 0.3) is 0 Å². The summed E-state index contributed by atoms with van der Waals surface area (Å²) >= 11 is 0. The highest BCUT2D eigenvalue weighted by Crippen LogP contribution is 2.34. The number of rotatable bonds is 3. The fourth-order valence-corrected chi connectivity index (χ4v) is 4.43. The summed E-state index contributed by atoms with van der Waals surface area (Å²) in [6, 6.07) is 17.9. The maximum Gasteiger partial charge on any atom is 0.230 e. The second kappa shape index (κ2) is 7.45. The fraction of sp³-hybridized carbons (Fsp3) is 0.391. The van der Waals surface area contributed by atoms with Gasteiger partial charge < -0.3 is 4.90 Å². The first-order chi connectivity index (χ1) is 12.7. The lowest BCUT2D eigenvalue weighted by Crippen LogP contribution is -2.43. The average molecular weight is 347 g/mol. The highest BCUT2D eigenvalue weighted by atomic mass is 16.2. The van der Waals surface area contributed by atoms with Crippen molar-refractivity contribution in [3.05, 3.63) is 71.3 Å². The van der Waals surface area contributed by atoms with Crippen LogP contribution in [0.4, 0.5) is 0 Å². The Balaban J connectivity index is 1.41. The minimum Gasteiger partial charge on any atom is -0.342 e. The molecular formula is C23H25NO2. The molecule has 0 spiro atoms. The van der Waals surface area contributed by atoms with E-state index in [1.54, 1.807) is 0 Å². The van der Waals surface area contributed by atoms with Crippen LogP contribution >= 0.6 is 0 Å². The molecule has 1 aliphatic carbocycles. The van der Waals surface area contributed by atoms with Crippen molar-refractivity contribution in [1.29, 1.82) is 0 Å². The molecule has 3 heteroatoms. The molecule has 0 saturated carbocycles. The molecule has 134 valence electrons. The third-order valence-corrected chi connectivity index (χ3v) is 5.90. The lowest BCUT2D eigenvalue weighted by molar-refractivity contribution is -0.134. The summed E-state index contributed by atoms with van der Waals surface area (Å²) in [6.07, 6.45) is 4.64. The molecule has 4 rings (SSSR count). The van der Waals surface area contributed by atoms with E-state index in [2.05, 4.69) is 18.2 Å². The van der Waals surface area contributed by atoms with Crippen LogP contribution in [0.1, 0.15) is 53.1 Å². The first kappa shape index (κ1) is 17.0. The van der Waals surface area contributed by atoms with Gasteiger partial charge >= 0.3 is 0 Å². The Morgan fingerprint density at radius 3 is 2.31 bits per heavy atom. The zero-order valence-corrected chi connectivity index (χ0v) is 15.1. The topological polar surface area (TPSA) is 37.4 Å². The van der Waals surface area contributed by atoms with Crippen molar-refractivity contribution in [3.8, 4) is 0 Å². The molecule has 2 aromatic rings. The van der Waals surface area contributed by atoms with Gasteiger partial charge in [0, 0.05) is 24.6 Å². The SMILES string of the molecule is O=C(c1ccccc1)C1CCN(C(=O)C2CCCc3ccccc32)CC1. The van der Waals surface area contributed by atoms with Crippen LogP contribution in [0.25, 0.3) is 0 Å². The maximum atomic E-state index is 13.1. The Hall–Kier alpha value is -2.42. The van der Waals surface area contributed by atoms with E-state index in [1.807, 2.05) is 41.3 Å². The lowest BCUT2D eigenvalue weighted by Gasteiger charge is -2.35. The average Bonchev–Trinajstić information content (AvgIpc) is 2.73. The molecule has 1 saturated heterocycles. The van der Waals surface area contributed by atoms with E-state index >= 15 is 0 Å². The molecular weight excluding hydrogens is 322 g/mol. The van der Waals surface area contributed by atoms with Crippen molar-refractivity contribution in [3.63, 3.8) is 0 Å². The number of carbonyl (C=O) groups excluding carboxylic acids is 2. The van der Waals surface area contributed by atoms with Gasteiger partial charge in [-0.15, -0.1) is 0 Å². The second-order valence-corrected chi connectivity index (χ2v) is 7.47. The van der Waals surface area contributed by atoms with E-state index in [9.17, 15) is 9.59 Å². The molecule has 0 aromatic heterocycles. The number of nitrogens with zero attached hydrogens (tertiary/aromatic N) is 1. The van der Waals surface area contributed by atoms with Crippen molar-refractivity contribution >= 4 is 11.7 Å². The molecule has 1 heterocycles. The Kier molecular flexibility index (Phi) is 4.87. The number of amides is 1. The summed E-state index contributed by atoms with van der Waals surface area (Å²) in [5.74, 6) is 0.518. The number of hydrogen-bond acceptors (Lipinski definition) is 2. The summed E-state index contributed by atoms with van der Waals surface area (Å²) in [5, 5.41) is 0. The molecule has 1 aliphatic heterocycles. The van der Waals surface area contributed by atoms with Gasteiger partial charge in [-0.2, -0.15) is 0 Å². The molecule has 2 aromatic carbocycles. The van der Waals surface area contributed by atoms with Crippen LogP contribution in [0, 0.1) is 5.92 Å². The fourth-order valence-electron chi connectivity index (χ4n) is 4.43. The van der Waals surface area contributed by atoms with Crippen LogP contribution < -0.4 is 0 Å². The van der Waals surface area contributed by atoms with Gasteiger partial charge in [0.1, 0.15) is 0 Å². The highest BCUT2D eigenvalue weighted by molar-refractivity contribution is 5.98. The molecule has 1 amide bonds. The van der Waals surface area contributed by atoms with Crippen molar-refractivity contribution < 1.29 is 9.59 Å². The number of piperidine rings is 1. The summed E-state index contributed by atoms with van der Waals surface area (Å²) in [4.78, 5) is 27.7. The Labute approximate surface area is 155 Å². The summed E-state index contributed by atoms with van der Waals surface area (Å²) in [6.45, 7) is 1.39. The number of aryl methyl sites for hydroxylation is 1. The molecule has 1 unspecified atom stereocenters. The number of Topliss-reactive ketones (excluding diaryl/α,β-unsaturated/α-hetero) is 1. The third-order valence-electron chi connectivity index (χ3n) is 5.90. The lowest BCUT2D eigenvalue weighted by atomic mass is 9.81. The van der Waals surface area contributed by atoms with E-state index in [4.69, 9.17) is 0 Å². The molecule has 0 bridgehead atoms. The molecule has 0 N–H and O–H groups in total. The number of ketones is 1. The van der Waals surface area contributed by atoms with E-state index in [1.165, 1.54) is 11.1 Å². The standard InChI is InChI=1S/C23H25NO2/c25-22(18-8-2-1-3-9-18)19-13-15-24(16-14-19)23(26)21-12-6-10-17-7-4-5-11-20(17)21/h1-5,7-9,11,19,21H,6,10,12-16H2. The second-order valence-electron chi connectivity index (χ2n) is 7.47. The minimum absolute atomic E-state index is 0.00123. The number of fused-ring (bicyclic) bond motifs is 1. The van der Waals surface area contributed by atoms with Gasteiger partial charge in [-0.25, -0.2) is 0 Å². The van der Waals surface area contributed by atoms with Crippen LogP contribution in [0.3, 0.4) is 0 Å². The quantitative estimate of drug-likeness (QED) is 0.779. The monoisotopic (exact) mass is 347 g/mol. The Morgan fingerprint density at radius 1 is 0.846 bits per heavy atom. The van der Waals surface area contributed by atoms with Gasteiger partial charge in [-0.1, -0.05) is 54.6 Å². The predicted octanol–water partition coefficient (Wildman–Crippen LogP) is 4.23. The molecule has 1 fully saturated rings. The van der Waals surface area contributed by atoms with Crippen LogP contribution in [0.5, 0.6) is 0 Å². The summed E-state index contributed by atoms with van der Waals surface area (Å²) in [5.41, 5.74) is 3.33. The van der Waals surface area contributed by atoms with Gasteiger partial charge in [0.15, 0.2) is 5.78 Å². The van der Waals surface area contributed by atoms with Crippen LogP contribution in [-0.2, 0) is 11.2 Å². The zero-order chi connectivity index (χ0) is 17.9. The molecule has 0 radical (unpaired) electrons. The number of hydrogen-bond donors (Lipinski definition) is 0. The van der Waals surface area contributed by atoms with Crippen molar-refractivity contribution in [1.82, 2.24) is 4.90 Å². The van der Waals surface area contributed by atoms with Crippen molar-refractivity contribution in [2.75, 3.05) is 13.1 Å². The first-order valence-corrected chi connectivity index (χ1v) is 9.70. The van der Waals surface area contributed by atoms with E-state index in [0.717, 1.165) is 37.7 Å². The molecule has 26 heavy (non-hydrogen) atoms. The number of carbonyl (C=O) groups is 2. The van der Waals surface area contributed by atoms with Gasteiger partial charge in [-0.05, 0) is 43.2 Å². The first-order valence-electron chi connectivity index (χ1n) is 9.70. The van der Waals surface area contributed by atoms with Crippen LogP contribution in [-0.4, -0.2) is 29.7 Å². The highest BCUT2D eigenvalue weighted by Gasteiger charge is 2.33. The molecule has 3 nitrogen and oxygen atoms in total. The molecule has 2 aliphatic rings.